The summed E-state index contributed by atoms with van der Waals surface area (Å²) >= 11 is 0. The van der Waals surface area contributed by atoms with Gasteiger partial charge in [0.1, 0.15) is 0 Å². The van der Waals surface area contributed by atoms with Gasteiger partial charge in [-0.05, 0) is 55.2 Å². The Morgan fingerprint density at radius 2 is 1.82 bits per heavy atom. The lowest BCUT2D eigenvalue weighted by molar-refractivity contribution is 0.685. The molecule has 28 heavy (non-hydrogen) atoms. The number of hydrogen-bond donors (Lipinski definition) is 2. The average molecular weight is 380 g/mol. The van der Waals surface area contributed by atoms with Gasteiger partial charge in [-0.1, -0.05) is 24.3 Å². The Hall–Kier alpha value is -2.69. The quantitative estimate of drug-likeness (QED) is 0.592. The highest BCUT2D eigenvalue weighted by Crippen LogP contribution is 2.24. The van der Waals surface area contributed by atoms with E-state index in [0.29, 0.717) is 0 Å². The van der Waals surface area contributed by atoms with Crippen LogP contribution in [0.1, 0.15) is 36.9 Å². The second-order valence-electron chi connectivity index (χ2n) is 7.64. The molecule has 2 aromatic rings. The van der Waals surface area contributed by atoms with Gasteiger partial charge in [0.2, 0.25) is 0 Å². The van der Waals surface area contributed by atoms with Gasteiger partial charge >= 0.3 is 0 Å². The minimum Gasteiger partial charge on any atom is -0.378 e. The standard InChI is InChI=1S/C23H33N5/c1-18(20-8-7-9-22(16-20)28-14-5-6-15-28)26-23(24-2)25-17-19-10-12-21(13-11-19)27(3)4/h7-13,16,18H,5-6,14-15,17H2,1-4H3,(H2,24,25,26). The molecule has 1 saturated heterocycles. The van der Waals surface area contributed by atoms with Crippen molar-refractivity contribution in [1.29, 1.82) is 0 Å². The summed E-state index contributed by atoms with van der Waals surface area (Å²) in [5, 5.41) is 6.93. The molecule has 0 bridgehead atoms. The first-order valence-corrected chi connectivity index (χ1v) is 10.1. The topological polar surface area (TPSA) is 42.9 Å². The second kappa shape index (κ2) is 9.49. The molecule has 3 rings (SSSR count). The molecular formula is C23H33N5. The Morgan fingerprint density at radius 3 is 2.46 bits per heavy atom. The van der Waals surface area contributed by atoms with Crippen LogP contribution in [0.4, 0.5) is 11.4 Å². The molecular weight excluding hydrogens is 346 g/mol. The number of rotatable bonds is 6. The van der Waals surface area contributed by atoms with E-state index in [9.17, 15) is 0 Å². The average Bonchev–Trinajstić information content (AvgIpc) is 3.26. The summed E-state index contributed by atoms with van der Waals surface area (Å²) < 4.78 is 0. The van der Waals surface area contributed by atoms with Crippen molar-refractivity contribution in [1.82, 2.24) is 10.6 Å². The number of aliphatic imine (C=N–C) groups is 1. The molecule has 1 unspecified atom stereocenters. The molecule has 1 aliphatic rings. The first-order valence-electron chi connectivity index (χ1n) is 10.1. The van der Waals surface area contributed by atoms with E-state index in [1.165, 1.54) is 48.4 Å². The lowest BCUT2D eigenvalue weighted by Gasteiger charge is -2.22. The lowest BCUT2D eigenvalue weighted by Crippen LogP contribution is -2.38. The maximum absolute atomic E-state index is 4.39. The van der Waals surface area contributed by atoms with Gasteiger partial charge in [0.15, 0.2) is 5.96 Å². The van der Waals surface area contributed by atoms with Crippen LogP contribution >= 0.6 is 0 Å². The van der Waals surface area contributed by atoms with Crippen LogP contribution in [0.25, 0.3) is 0 Å². The Balaban J connectivity index is 1.57. The molecule has 0 spiro atoms. The summed E-state index contributed by atoms with van der Waals surface area (Å²) in [7, 11) is 5.93. The molecule has 0 saturated carbocycles. The number of benzene rings is 2. The monoisotopic (exact) mass is 379 g/mol. The molecule has 1 atom stereocenters. The van der Waals surface area contributed by atoms with Crippen molar-refractivity contribution in [3.8, 4) is 0 Å². The van der Waals surface area contributed by atoms with Crippen LogP contribution in [0.2, 0.25) is 0 Å². The molecule has 5 heteroatoms. The molecule has 2 N–H and O–H groups in total. The molecule has 1 fully saturated rings. The Bertz CT molecular complexity index is 776. The van der Waals surface area contributed by atoms with E-state index in [-0.39, 0.29) is 6.04 Å². The summed E-state index contributed by atoms with van der Waals surface area (Å²) in [5.41, 5.74) is 5.05. The van der Waals surface area contributed by atoms with Gasteiger partial charge in [-0.25, -0.2) is 0 Å². The molecule has 0 aliphatic carbocycles. The number of nitrogens with zero attached hydrogens (tertiary/aromatic N) is 3. The maximum atomic E-state index is 4.39. The van der Waals surface area contributed by atoms with Gasteiger partial charge < -0.3 is 20.4 Å². The van der Waals surface area contributed by atoms with Crippen LogP contribution < -0.4 is 20.4 Å². The second-order valence-corrected chi connectivity index (χ2v) is 7.64. The molecule has 1 aliphatic heterocycles. The summed E-state index contributed by atoms with van der Waals surface area (Å²) in [6.45, 7) is 5.26. The molecule has 0 amide bonds. The predicted octanol–water partition coefficient (Wildman–Crippen LogP) is 3.78. The van der Waals surface area contributed by atoms with E-state index in [4.69, 9.17) is 0 Å². The van der Waals surface area contributed by atoms with Crippen molar-refractivity contribution >= 4 is 17.3 Å². The SMILES string of the molecule is CN=C(NCc1ccc(N(C)C)cc1)NC(C)c1cccc(N2CCCC2)c1. The van der Waals surface area contributed by atoms with E-state index in [1.807, 2.05) is 7.05 Å². The summed E-state index contributed by atoms with van der Waals surface area (Å²) in [5.74, 6) is 0.816. The van der Waals surface area contributed by atoms with Crippen molar-refractivity contribution in [2.24, 2.45) is 4.99 Å². The highest BCUT2D eigenvalue weighted by molar-refractivity contribution is 5.80. The fourth-order valence-electron chi connectivity index (χ4n) is 3.55. The van der Waals surface area contributed by atoms with Gasteiger partial charge in [-0.3, -0.25) is 4.99 Å². The zero-order valence-electron chi connectivity index (χ0n) is 17.6. The van der Waals surface area contributed by atoms with Crippen LogP contribution in [0.5, 0.6) is 0 Å². The normalized spacial score (nSPS) is 15.4. The van der Waals surface area contributed by atoms with Crippen molar-refractivity contribution in [3.63, 3.8) is 0 Å². The smallest absolute Gasteiger partial charge is 0.191 e. The molecule has 1 heterocycles. The van der Waals surface area contributed by atoms with Gasteiger partial charge in [0.25, 0.3) is 0 Å². The third-order valence-corrected chi connectivity index (χ3v) is 5.33. The third-order valence-electron chi connectivity index (χ3n) is 5.33. The van der Waals surface area contributed by atoms with Crippen molar-refractivity contribution < 1.29 is 0 Å². The van der Waals surface area contributed by atoms with Crippen molar-refractivity contribution in [2.75, 3.05) is 44.0 Å². The fourth-order valence-corrected chi connectivity index (χ4v) is 3.55. The minimum absolute atomic E-state index is 0.185. The maximum Gasteiger partial charge on any atom is 0.191 e. The van der Waals surface area contributed by atoms with Gasteiger partial charge in [-0.15, -0.1) is 0 Å². The Labute approximate surface area is 169 Å². The largest absolute Gasteiger partial charge is 0.378 e. The van der Waals surface area contributed by atoms with E-state index in [0.717, 1.165) is 12.5 Å². The van der Waals surface area contributed by atoms with Gasteiger partial charge in [-0.2, -0.15) is 0 Å². The number of nitrogens with one attached hydrogen (secondary N) is 2. The van der Waals surface area contributed by atoms with E-state index in [2.05, 4.69) is 95.0 Å². The van der Waals surface area contributed by atoms with E-state index >= 15 is 0 Å². The lowest BCUT2D eigenvalue weighted by atomic mass is 10.1. The zero-order valence-corrected chi connectivity index (χ0v) is 17.6. The van der Waals surface area contributed by atoms with Crippen LogP contribution in [0.3, 0.4) is 0 Å². The van der Waals surface area contributed by atoms with Crippen LogP contribution in [0, 0.1) is 0 Å². The highest BCUT2D eigenvalue weighted by Gasteiger charge is 2.14. The first kappa shape index (κ1) is 20.1. The highest BCUT2D eigenvalue weighted by atomic mass is 15.2. The number of hydrogen-bond acceptors (Lipinski definition) is 3. The van der Waals surface area contributed by atoms with E-state index < -0.39 is 0 Å². The Morgan fingerprint density at radius 1 is 1.11 bits per heavy atom. The van der Waals surface area contributed by atoms with Gasteiger partial charge in [0, 0.05) is 52.2 Å². The van der Waals surface area contributed by atoms with Crippen molar-refractivity contribution in [2.45, 2.75) is 32.4 Å². The summed E-state index contributed by atoms with van der Waals surface area (Å²) in [6, 6.07) is 17.6. The molecule has 5 nitrogen and oxygen atoms in total. The predicted molar refractivity (Wildman–Crippen MR) is 120 cm³/mol. The Kier molecular flexibility index (Phi) is 6.80. The van der Waals surface area contributed by atoms with Crippen LogP contribution in [-0.4, -0.2) is 40.2 Å². The molecule has 2 aromatic carbocycles. The molecule has 0 radical (unpaired) electrons. The summed E-state index contributed by atoms with van der Waals surface area (Å²) in [6.07, 6.45) is 2.59. The third kappa shape index (κ3) is 5.18. The van der Waals surface area contributed by atoms with E-state index in [1.54, 1.807) is 0 Å². The summed E-state index contributed by atoms with van der Waals surface area (Å²) in [4.78, 5) is 8.97. The van der Waals surface area contributed by atoms with Crippen LogP contribution in [-0.2, 0) is 6.54 Å². The molecule has 0 aromatic heterocycles. The zero-order chi connectivity index (χ0) is 19.9. The van der Waals surface area contributed by atoms with Gasteiger partial charge in [0.05, 0.1) is 6.04 Å². The first-order chi connectivity index (χ1) is 13.6. The molecule has 150 valence electrons. The van der Waals surface area contributed by atoms with Crippen LogP contribution in [0.15, 0.2) is 53.5 Å². The number of guanidine groups is 1. The fraction of sp³-hybridized carbons (Fsp3) is 0.435. The van der Waals surface area contributed by atoms with Crippen molar-refractivity contribution in [3.05, 3.63) is 59.7 Å². The number of anilines is 2. The minimum atomic E-state index is 0.185.